The molecule has 14 heavy (non-hydrogen) atoms. The van der Waals surface area contributed by atoms with E-state index in [2.05, 4.69) is 0 Å². The maximum absolute atomic E-state index is 11.6. The minimum Gasteiger partial charge on any atom is -0.460 e. The summed E-state index contributed by atoms with van der Waals surface area (Å²) in [4.78, 5) is 22.9. The fourth-order valence-corrected chi connectivity index (χ4v) is 2.34. The number of hydrogen-bond acceptors (Lipinski definition) is 3. The van der Waals surface area contributed by atoms with Crippen molar-refractivity contribution in [1.29, 1.82) is 0 Å². The Morgan fingerprint density at radius 1 is 1.43 bits per heavy atom. The third kappa shape index (κ3) is 1.56. The van der Waals surface area contributed by atoms with E-state index in [4.69, 9.17) is 4.74 Å². The van der Waals surface area contributed by atoms with Gasteiger partial charge in [-0.1, -0.05) is 0 Å². The molecule has 2 rings (SSSR count). The molecule has 0 saturated heterocycles. The molecule has 0 aromatic rings. The van der Waals surface area contributed by atoms with Gasteiger partial charge in [-0.05, 0) is 33.1 Å². The summed E-state index contributed by atoms with van der Waals surface area (Å²) in [6, 6.07) is 0. The van der Waals surface area contributed by atoms with Gasteiger partial charge in [-0.15, -0.1) is 0 Å². The number of Topliss-reactive ketones (excluding diaryl/α,β-unsaturated/α-hetero) is 1. The van der Waals surface area contributed by atoms with Crippen molar-refractivity contribution in [3.63, 3.8) is 0 Å². The fourth-order valence-electron chi connectivity index (χ4n) is 2.34. The maximum atomic E-state index is 11.6. The van der Waals surface area contributed by atoms with Gasteiger partial charge in [-0.3, -0.25) is 9.59 Å². The van der Waals surface area contributed by atoms with Gasteiger partial charge < -0.3 is 4.74 Å². The molecule has 0 N–H and O–H groups in total. The molecule has 2 aliphatic rings. The summed E-state index contributed by atoms with van der Waals surface area (Å²) in [6.45, 7) is 5.56. The van der Waals surface area contributed by atoms with E-state index in [1.54, 1.807) is 0 Å². The minimum absolute atomic E-state index is 0.00449. The average molecular weight is 196 g/mol. The lowest BCUT2D eigenvalue weighted by atomic mass is 10.1. The quantitative estimate of drug-likeness (QED) is 0.598. The molecule has 2 fully saturated rings. The van der Waals surface area contributed by atoms with Crippen LogP contribution in [-0.4, -0.2) is 17.4 Å². The van der Waals surface area contributed by atoms with Crippen molar-refractivity contribution >= 4 is 11.8 Å². The van der Waals surface area contributed by atoms with Crippen LogP contribution in [-0.2, 0) is 14.3 Å². The molecule has 3 heteroatoms. The van der Waals surface area contributed by atoms with Crippen molar-refractivity contribution in [1.82, 2.24) is 0 Å². The van der Waals surface area contributed by atoms with Crippen molar-refractivity contribution in [2.24, 2.45) is 17.8 Å². The summed E-state index contributed by atoms with van der Waals surface area (Å²) in [7, 11) is 0. The SMILES string of the molecule is CC(C)(C)OC(=O)[C@@H]1C2CCC(=O)[C@@H]21. The van der Waals surface area contributed by atoms with Crippen LogP contribution in [0, 0.1) is 17.8 Å². The van der Waals surface area contributed by atoms with Gasteiger partial charge in [0.25, 0.3) is 0 Å². The van der Waals surface area contributed by atoms with Crippen molar-refractivity contribution in [2.75, 3.05) is 0 Å². The highest BCUT2D eigenvalue weighted by Crippen LogP contribution is 2.56. The van der Waals surface area contributed by atoms with Gasteiger partial charge in [0.1, 0.15) is 11.4 Å². The second-order valence-corrected chi connectivity index (χ2v) is 5.25. The van der Waals surface area contributed by atoms with Crippen LogP contribution in [0.2, 0.25) is 0 Å². The molecule has 78 valence electrons. The summed E-state index contributed by atoms with van der Waals surface area (Å²) < 4.78 is 5.26. The van der Waals surface area contributed by atoms with Crippen LogP contribution in [0.15, 0.2) is 0 Å². The Morgan fingerprint density at radius 2 is 2.07 bits per heavy atom. The molecule has 2 aliphatic carbocycles. The molecular weight excluding hydrogens is 180 g/mol. The molecule has 1 unspecified atom stereocenters. The fraction of sp³-hybridized carbons (Fsp3) is 0.818. The Kier molecular flexibility index (Phi) is 1.95. The summed E-state index contributed by atoms with van der Waals surface area (Å²) in [5.41, 5.74) is -0.434. The Morgan fingerprint density at radius 3 is 2.50 bits per heavy atom. The van der Waals surface area contributed by atoms with E-state index >= 15 is 0 Å². The van der Waals surface area contributed by atoms with Gasteiger partial charge in [-0.25, -0.2) is 0 Å². The zero-order valence-corrected chi connectivity index (χ0v) is 8.87. The number of carbonyl (C=O) groups is 2. The Hall–Kier alpha value is -0.860. The van der Waals surface area contributed by atoms with Gasteiger partial charge in [-0.2, -0.15) is 0 Å². The van der Waals surface area contributed by atoms with E-state index in [1.807, 2.05) is 20.8 Å². The third-order valence-electron chi connectivity index (χ3n) is 2.94. The highest BCUT2D eigenvalue weighted by atomic mass is 16.6. The van der Waals surface area contributed by atoms with Gasteiger partial charge >= 0.3 is 5.97 Å². The van der Waals surface area contributed by atoms with E-state index < -0.39 is 5.60 Å². The van der Waals surface area contributed by atoms with Crippen molar-refractivity contribution in [2.45, 2.75) is 39.2 Å². The van der Waals surface area contributed by atoms with E-state index in [0.717, 1.165) is 6.42 Å². The monoisotopic (exact) mass is 196 g/mol. The lowest BCUT2D eigenvalue weighted by molar-refractivity contribution is -0.158. The molecule has 3 atom stereocenters. The van der Waals surface area contributed by atoms with Crippen LogP contribution >= 0.6 is 0 Å². The van der Waals surface area contributed by atoms with E-state index in [9.17, 15) is 9.59 Å². The van der Waals surface area contributed by atoms with Gasteiger partial charge in [0, 0.05) is 12.3 Å². The number of rotatable bonds is 1. The summed E-state index contributed by atoms with van der Waals surface area (Å²) in [6.07, 6.45) is 1.54. The topological polar surface area (TPSA) is 43.4 Å². The first-order valence-electron chi connectivity index (χ1n) is 5.16. The number of fused-ring (bicyclic) bond motifs is 1. The lowest BCUT2D eigenvalue weighted by Gasteiger charge is -2.19. The zero-order chi connectivity index (χ0) is 10.5. The lowest BCUT2D eigenvalue weighted by Crippen LogP contribution is -2.26. The predicted molar refractivity (Wildman–Crippen MR) is 50.6 cm³/mol. The summed E-state index contributed by atoms with van der Waals surface area (Å²) in [5, 5.41) is 0. The average Bonchev–Trinajstić information content (AvgIpc) is 2.61. The normalized spacial score (nSPS) is 35.4. The molecule has 0 aromatic heterocycles. The number of carbonyl (C=O) groups excluding carboxylic acids is 2. The van der Waals surface area contributed by atoms with Crippen LogP contribution in [0.3, 0.4) is 0 Å². The molecule has 0 amide bonds. The molecule has 2 saturated carbocycles. The Balaban J connectivity index is 1.94. The van der Waals surface area contributed by atoms with Crippen molar-refractivity contribution in [3.05, 3.63) is 0 Å². The largest absolute Gasteiger partial charge is 0.460 e. The minimum atomic E-state index is -0.434. The standard InChI is InChI=1S/C11H16O3/c1-11(2,3)14-10(13)9-6-4-5-7(12)8(6)9/h6,8-9H,4-5H2,1-3H3/t6?,8-,9-/m1/s1. The van der Waals surface area contributed by atoms with Crippen molar-refractivity contribution in [3.8, 4) is 0 Å². The summed E-state index contributed by atoms with van der Waals surface area (Å²) in [5.74, 6) is 0.268. The van der Waals surface area contributed by atoms with Crippen LogP contribution in [0.25, 0.3) is 0 Å². The predicted octanol–water partition coefficient (Wildman–Crippen LogP) is 1.55. The van der Waals surface area contributed by atoms with Crippen LogP contribution in [0.5, 0.6) is 0 Å². The first-order valence-corrected chi connectivity index (χ1v) is 5.16. The smallest absolute Gasteiger partial charge is 0.310 e. The number of ether oxygens (including phenoxy) is 1. The van der Waals surface area contributed by atoms with Crippen molar-refractivity contribution < 1.29 is 14.3 Å². The van der Waals surface area contributed by atoms with Gasteiger partial charge in [0.05, 0.1) is 5.92 Å². The number of esters is 1. The molecule has 0 bridgehead atoms. The number of ketones is 1. The number of hydrogen-bond donors (Lipinski definition) is 0. The van der Waals surface area contributed by atoms with E-state index in [-0.39, 0.29) is 23.6 Å². The third-order valence-corrected chi connectivity index (χ3v) is 2.94. The summed E-state index contributed by atoms with van der Waals surface area (Å²) >= 11 is 0. The molecule has 0 aromatic carbocycles. The highest BCUT2D eigenvalue weighted by molar-refractivity contribution is 5.94. The molecular formula is C11H16O3. The van der Waals surface area contributed by atoms with Gasteiger partial charge in [0.15, 0.2) is 0 Å². The highest BCUT2D eigenvalue weighted by Gasteiger charge is 2.62. The zero-order valence-electron chi connectivity index (χ0n) is 8.87. The first kappa shape index (κ1) is 9.69. The molecule has 0 heterocycles. The Labute approximate surface area is 83.8 Å². The van der Waals surface area contributed by atoms with Crippen LogP contribution in [0.1, 0.15) is 33.6 Å². The second kappa shape index (κ2) is 2.81. The molecule has 0 radical (unpaired) electrons. The van der Waals surface area contributed by atoms with Crippen LogP contribution in [0.4, 0.5) is 0 Å². The maximum Gasteiger partial charge on any atom is 0.310 e. The molecule has 3 nitrogen and oxygen atoms in total. The molecule has 0 aliphatic heterocycles. The first-order chi connectivity index (χ1) is 6.40. The van der Waals surface area contributed by atoms with E-state index in [0.29, 0.717) is 12.3 Å². The molecule has 0 spiro atoms. The second-order valence-electron chi connectivity index (χ2n) is 5.25. The van der Waals surface area contributed by atoms with E-state index in [1.165, 1.54) is 0 Å². The van der Waals surface area contributed by atoms with Gasteiger partial charge in [0.2, 0.25) is 0 Å². The van der Waals surface area contributed by atoms with Crippen LogP contribution < -0.4 is 0 Å². The Bertz CT molecular complexity index is 287.